The van der Waals surface area contributed by atoms with Crippen LogP contribution < -0.4 is 16.0 Å². The zero-order chi connectivity index (χ0) is 12.7. The van der Waals surface area contributed by atoms with Gasteiger partial charge < -0.3 is 5.73 Å². The Morgan fingerprint density at radius 2 is 2.22 bits per heavy atom. The Labute approximate surface area is 101 Å². The molecule has 0 aliphatic carbocycles. The number of fused-ring (bicyclic) bond motifs is 1. The molecule has 92 valence electrons. The highest BCUT2D eigenvalue weighted by Gasteiger charge is 2.24. The third-order valence-electron chi connectivity index (χ3n) is 2.70. The number of carbonyl (C=O) groups is 2. The highest BCUT2D eigenvalue weighted by molar-refractivity contribution is 6.05. The molecule has 3 amide bonds. The fourth-order valence-corrected chi connectivity index (χ4v) is 1.87. The van der Waals surface area contributed by atoms with E-state index >= 15 is 0 Å². The number of nitrogen functional groups attached to an aromatic ring is 1. The van der Waals surface area contributed by atoms with Crippen molar-refractivity contribution in [3.63, 3.8) is 0 Å². The summed E-state index contributed by atoms with van der Waals surface area (Å²) in [5.41, 5.74) is 6.69. The van der Waals surface area contributed by atoms with E-state index in [4.69, 9.17) is 5.73 Å². The average molecular weight is 246 g/mol. The number of rotatable bonds is 1. The summed E-state index contributed by atoms with van der Waals surface area (Å²) < 4.78 is 1.52. The Hall–Kier alpha value is -2.64. The number of nitrogens with two attached hydrogens (primary N) is 1. The Morgan fingerprint density at radius 3 is 3.00 bits per heavy atom. The third kappa shape index (κ3) is 1.63. The summed E-state index contributed by atoms with van der Waals surface area (Å²) in [7, 11) is 0. The van der Waals surface area contributed by atoms with E-state index in [1.54, 1.807) is 18.3 Å². The summed E-state index contributed by atoms with van der Waals surface area (Å²) in [6.45, 7) is 0.352. The van der Waals surface area contributed by atoms with Gasteiger partial charge in [-0.05, 0) is 6.07 Å². The van der Waals surface area contributed by atoms with Crippen LogP contribution in [0.25, 0.3) is 5.65 Å². The van der Waals surface area contributed by atoms with Gasteiger partial charge in [-0.2, -0.15) is 4.98 Å². The van der Waals surface area contributed by atoms with Gasteiger partial charge in [-0.25, -0.2) is 9.31 Å². The maximum absolute atomic E-state index is 11.7. The first-order chi connectivity index (χ1) is 8.63. The van der Waals surface area contributed by atoms with Crippen LogP contribution >= 0.6 is 0 Å². The topological polar surface area (TPSA) is 106 Å². The standard InChI is InChI=1S/C10H10N6O2/c11-9-12-7-5-6(1-4-16(7)14-9)15-3-2-8(17)13-10(15)18/h1,4-5H,2-3H2,(H2,11,14)(H,13,17,18). The van der Waals surface area contributed by atoms with Crippen molar-refractivity contribution in [2.24, 2.45) is 0 Å². The molecule has 3 heterocycles. The predicted octanol–water partition coefficient (Wildman–Crippen LogP) is -0.242. The zero-order valence-corrected chi connectivity index (χ0v) is 9.33. The number of amides is 3. The van der Waals surface area contributed by atoms with Crippen LogP contribution in [0.5, 0.6) is 0 Å². The lowest BCUT2D eigenvalue weighted by Crippen LogP contribution is -2.49. The molecule has 2 aromatic heterocycles. The maximum Gasteiger partial charge on any atom is 0.328 e. The summed E-state index contributed by atoms with van der Waals surface area (Å²) in [5.74, 6) is -0.0885. The van der Waals surface area contributed by atoms with Gasteiger partial charge in [0, 0.05) is 25.2 Å². The van der Waals surface area contributed by atoms with Crippen molar-refractivity contribution in [3.8, 4) is 0 Å². The number of anilines is 2. The smallest absolute Gasteiger partial charge is 0.328 e. The van der Waals surface area contributed by atoms with Crippen molar-refractivity contribution in [3.05, 3.63) is 18.3 Å². The van der Waals surface area contributed by atoms with Gasteiger partial charge >= 0.3 is 6.03 Å². The molecule has 0 bridgehead atoms. The summed E-state index contributed by atoms with van der Waals surface area (Å²) in [6, 6.07) is 2.98. The number of nitrogens with zero attached hydrogens (tertiary/aromatic N) is 4. The number of hydrogen-bond donors (Lipinski definition) is 2. The van der Waals surface area contributed by atoms with E-state index in [2.05, 4.69) is 15.4 Å². The maximum atomic E-state index is 11.7. The quantitative estimate of drug-likeness (QED) is 0.722. The van der Waals surface area contributed by atoms with E-state index in [-0.39, 0.29) is 18.3 Å². The van der Waals surface area contributed by atoms with Crippen LogP contribution in [-0.4, -0.2) is 33.1 Å². The van der Waals surface area contributed by atoms with Gasteiger partial charge in [0.15, 0.2) is 5.65 Å². The van der Waals surface area contributed by atoms with Crippen LogP contribution in [0, 0.1) is 0 Å². The highest BCUT2D eigenvalue weighted by atomic mass is 16.2. The lowest BCUT2D eigenvalue weighted by Gasteiger charge is -2.26. The number of aromatic nitrogens is 3. The molecule has 8 heteroatoms. The molecule has 18 heavy (non-hydrogen) atoms. The van der Waals surface area contributed by atoms with Crippen molar-refractivity contribution < 1.29 is 9.59 Å². The van der Waals surface area contributed by atoms with Crippen molar-refractivity contribution in [2.45, 2.75) is 6.42 Å². The van der Waals surface area contributed by atoms with Gasteiger partial charge in [0.2, 0.25) is 11.9 Å². The number of pyridine rings is 1. The molecule has 3 N–H and O–H groups in total. The van der Waals surface area contributed by atoms with E-state index < -0.39 is 6.03 Å². The molecule has 1 saturated heterocycles. The summed E-state index contributed by atoms with van der Waals surface area (Å²) in [4.78, 5) is 28.2. The lowest BCUT2D eigenvalue weighted by molar-refractivity contribution is -0.120. The third-order valence-corrected chi connectivity index (χ3v) is 2.70. The predicted molar refractivity (Wildman–Crippen MR) is 62.9 cm³/mol. The zero-order valence-electron chi connectivity index (χ0n) is 9.33. The minimum atomic E-state index is -0.428. The van der Waals surface area contributed by atoms with Crippen LogP contribution in [0.2, 0.25) is 0 Å². The Morgan fingerprint density at radius 1 is 1.39 bits per heavy atom. The number of carbonyl (C=O) groups excluding carboxylic acids is 2. The number of nitrogens with one attached hydrogen (secondary N) is 1. The molecule has 0 radical (unpaired) electrons. The second kappa shape index (κ2) is 3.69. The van der Waals surface area contributed by atoms with Gasteiger partial charge in [0.05, 0.1) is 5.69 Å². The van der Waals surface area contributed by atoms with Crippen molar-refractivity contribution in [1.29, 1.82) is 0 Å². The summed E-state index contributed by atoms with van der Waals surface area (Å²) >= 11 is 0. The molecule has 0 saturated carbocycles. The van der Waals surface area contributed by atoms with E-state index in [0.717, 1.165) is 0 Å². The number of imide groups is 1. The minimum Gasteiger partial charge on any atom is -0.366 e. The molecule has 2 aromatic rings. The monoisotopic (exact) mass is 246 g/mol. The van der Waals surface area contributed by atoms with Crippen LogP contribution in [0.3, 0.4) is 0 Å². The molecular formula is C10H10N6O2. The lowest BCUT2D eigenvalue weighted by atomic mass is 10.2. The van der Waals surface area contributed by atoms with Crippen molar-refractivity contribution in [1.82, 2.24) is 19.9 Å². The van der Waals surface area contributed by atoms with Gasteiger partial charge in [0.1, 0.15) is 0 Å². The van der Waals surface area contributed by atoms with E-state index in [1.165, 1.54) is 9.42 Å². The molecule has 0 aromatic carbocycles. The fourth-order valence-electron chi connectivity index (χ4n) is 1.87. The summed E-state index contributed by atoms with van der Waals surface area (Å²) in [6.07, 6.45) is 1.95. The molecule has 1 fully saturated rings. The molecule has 0 atom stereocenters. The Balaban J connectivity index is 1.98. The first-order valence-corrected chi connectivity index (χ1v) is 5.37. The normalized spacial score (nSPS) is 16.1. The Bertz CT molecular complexity index is 649. The number of urea groups is 1. The average Bonchev–Trinajstić information content (AvgIpc) is 2.68. The molecule has 1 aliphatic rings. The van der Waals surface area contributed by atoms with Crippen LogP contribution in [0.4, 0.5) is 16.4 Å². The van der Waals surface area contributed by atoms with Gasteiger partial charge in [0.25, 0.3) is 0 Å². The van der Waals surface area contributed by atoms with Gasteiger partial charge in [-0.1, -0.05) is 0 Å². The van der Waals surface area contributed by atoms with Gasteiger partial charge in [-0.15, -0.1) is 5.10 Å². The van der Waals surface area contributed by atoms with E-state index in [9.17, 15) is 9.59 Å². The molecular weight excluding hydrogens is 236 g/mol. The highest BCUT2D eigenvalue weighted by Crippen LogP contribution is 2.18. The van der Waals surface area contributed by atoms with Crippen molar-refractivity contribution in [2.75, 3.05) is 17.2 Å². The number of hydrogen-bond acceptors (Lipinski definition) is 5. The second-order valence-corrected chi connectivity index (χ2v) is 3.91. The fraction of sp³-hybridized carbons (Fsp3) is 0.200. The van der Waals surface area contributed by atoms with Crippen LogP contribution in [0.1, 0.15) is 6.42 Å². The summed E-state index contributed by atoms with van der Waals surface area (Å²) in [5, 5.41) is 6.20. The second-order valence-electron chi connectivity index (χ2n) is 3.91. The molecule has 0 unspecified atom stereocenters. The van der Waals surface area contributed by atoms with Crippen LogP contribution in [-0.2, 0) is 4.79 Å². The van der Waals surface area contributed by atoms with E-state index in [1.807, 2.05) is 0 Å². The minimum absolute atomic E-state index is 0.172. The molecule has 1 aliphatic heterocycles. The SMILES string of the molecule is Nc1nc2cc(N3CCC(=O)NC3=O)ccn2n1. The molecule has 8 nitrogen and oxygen atoms in total. The molecule has 0 spiro atoms. The Kier molecular flexibility index (Phi) is 2.15. The van der Waals surface area contributed by atoms with E-state index in [0.29, 0.717) is 17.9 Å². The largest absolute Gasteiger partial charge is 0.366 e. The van der Waals surface area contributed by atoms with Gasteiger partial charge in [-0.3, -0.25) is 15.0 Å². The molecule has 3 rings (SSSR count). The van der Waals surface area contributed by atoms with Crippen LogP contribution in [0.15, 0.2) is 18.3 Å². The first-order valence-electron chi connectivity index (χ1n) is 5.37. The van der Waals surface area contributed by atoms with Crippen molar-refractivity contribution >= 4 is 29.2 Å². The first kappa shape index (κ1) is 10.5.